The van der Waals surface area contributed by atoms with Gasteiger partial charge in [-0.15, -0.1) is 0 Å². The van der Waals surface area contributed by atoms with Crippen LogP contribution in [0.1, 0.15) is 38.5 Å². The molecule has 108 valence electrons. The van der Waals surface area contributed by atoms with Crippen LogP contribution in [0.3, 0.4) is 0 Å². The Morgan fingerprint density at radius 1 is 1.42 bits per heavy atom. The number of carbonyl (C=O) groups is 1. The lowest BCUT2D eigenvalue weighted by molar-refractivity contribution is -0.140. The SMILES string of the molecule is COC(=O)CCCS(=O)(=O)N(CC#N)C1CCCC1. The van der Waals surface area contributed by atoms with Crippen LogP contribution < -0.4 is 0 Å². The molecule has 0 N–H and O–H groups in total. The van der Waals surface area contributed by atoms with Gasteiger partial charge in [0.2, 0.25) is 10.0 Å². The average molecular weight is 288 g/mol. The number of methoxy groups -OCH3 is 1. The number of nitriles is 1. The molecule has 0 amide bonds. The topological polar surface area (TPSA) is 87.5 Å². The summed E-state index contributed by atoms with van der Waals surface area (Å²) >= 11 is 0. The number of carbonyl (C=O) groups excluding carboxylic acids is 1. The normalized spacial score (nSPS) is 16.5. The van der Waals surface area contributed by atoms with Crippen LogP contribution in [0.2, 0.25) is 0 Å². The summed E-state index contributed by atoms with van der Waals surface area (Å²) in [6.45, 7) is -0.106. The van der Waals surface area contributed by atoms with Gasteiger partial charge >= 0.3 is 5.97 Å². The first-order chi connectivity index (χ1) is 9.01. The largest absolute Gasteiger partial charge is 0.469 e. The molecule has 1 aliphatic rings. The third-order valence-electron chi connectivity index (χ3n) is 3.33. The molecular formula is C12H20N2O4S. The van der Waals surface area contributed by atoms with Crippen LogP contribution in [-0.4, -0.2) is 44.1 Å². The van der Waals surface area contributed by atoms with E-state index >= 15 is 0 Å². The number of ether oxygens (including phenoxy) is 1. The van der Waals surface area contributed by atoms with Crippen molar-refractivity contribution in [2.24, 2.45) is 0 Å². The summed E-state index contributed by atoms with van der Waals surface area (Å²) in [5, 5.41) is 8.78. The standard InChI is InChI=1S/C12H20N2O4S/c1-18-12(15)7-4-10-19(16,17)14(9-8-13)11-5-2-3-6-11/h11H,2-7,9-10H2,1H3. The molecule has 1 saturated carbocycles. The molecule has 0 atom stereocenters. The van der Waals surface area contributed by atoms with Gasteiger partial charge in [-0.05, 0) is 19.3 Å². The third-order valence-corrected chi connectivity index (χ3v) is 5.27. The van der Waals surface area contributed by atoms with Gasteiger partial charge in [-0.2, -0.15) is 9.57 Å². The number of hydrogen-bond donors (Lipinski definition) is 0. The fraction of sp³-hybridized carbons (Fsp3) is 0.833. The van der Waals surface area contributed by atoms with E-state index in [2.05, 4.69) is 4.74 Å². The molecule has 0 radical (unpaired) electrons. The lowest BCUT2D eigenvalue weighted by Crippen LogP contribution is -2.40. The highest BCUT2D eigenvalue weighted by Crippen LogP contribution is 2.25. The molecule has 0 spiro atoms. The predicted molar refractivity (Wildman–Crippen MR) is 69.6 cm³/mol. The first-order valence-corrected chi connectivity index (χ1v) is 8.05. The van der Waals surface area contributed by atoms with Crippen LogP contribution in [0, 0.1) is 11.3 Å². The molecule has 7 heteroatoms. The molecule has 0 aromatic carbocycles. The van der Waals surface area contributed by atoms with E-state index in [-0.39, 0.29) is 31.2 Å². The summed E-state index contributed by atoms with van der Waals surface area (Å²) in [5.41, 5.74) is 0. The monoisotopic (exact) mass is 288 g/mol. The Hall–Kier alpha value is -1.13. The second-order valence-corrected chi connectivity index (χ2v) is 6.68. The minimum atomic E-state index is -3.47. The summed E-state index contributed by atoms with van der Waals surface area (Å²) in [4.78, 5) is 11.0. The van der Waals surface area contributed by atoms with E-state index in [4.69, 9.17) is 5.26 Å². The Morgan fingerprint density at radius 3 is 2.58 bits per heavy atom. The second-order valence-electron chi connectivity index (χ2n) is 4.64. The Balaban J connectivity index is 2.60. The van der Waals surface area contributed by atoms with Crippen molar-refractivity contribution in [3.05, 3.63) is 0 Å². The van der Waals surface area contributed by atoms with Crippen molar-refractivity contribution >= 4 is 16.0 Å². The highest BCUT2D eigenvalue weighted by atomic mass is 32.2. The Labute approximate surface area is 114 Å². The lowest BCUT2D eigenvalue weighted by Gasteiger charge is -2.25. The van der Waals surface area contributed by atoms with Crippen molar-refractivity contribution in [2.45, 2.75) is 44.6 Å². The zero-order valence-electron chi connectivity index (χ0n) is 11.2. The van der Waals surface area contributed by atoms with Crippen LogP contribution in [0.4, 0.5) is 0 Å². The van der Waals surface area contributed by atoms with Crippen molar-refractivity contribution in [2.75, 3.05) is 19.4 Å². The molecule has 1 aliphatic carbocycles. The first kappa shape index (κ1) is 15.9. The number of sulfonamides is 1. The summed E-state index contributed by atoms with van der Waals surface area (Å²) in [6, 6.07) is 1.86. The average Bonchev–Trinajstić information content (AvgIpc) is 2.88. The van der Waals surface area contributed by atoms with Gasteiger partial charge < -0.3 is 4.74 Å². The molecule has 0 aromatic rings. The fourth-order valence-electron chi connectivity index (χ4n) is 2.33. The highest BCUT2D eigenvalue weighted by molar-refractivity contribution is 7.89. The second kappa shape index (κ2) is 7.46. The molecule has 0 aromatic heterocycles. The first-order valence-electron chi connectivity index (χ1n) is 6.44. The van der Waals surface area contributed by atoms with Crippen LogP contribution in [0.5, 0.6) is 0 Å². The summed E-state index contributed by atoms with van der Waals surface area (Å²) < 4.78 is 30.2. The maximum Gasteiger partial charge on any atom is 0.305 e. The summed E-state index contributed by atoms with van der Waals surface area (Å²) in [6.07, 6.45) is 3.95. The van der Waals surface area contributed by atoms with Crippen molar-refractivity contribution < 1.29 is 17.9 Å². The van der Waals surface area contributed by atoms with Crippen LogP contribution in [0.25, 0.3) is 0 Å². The molecule has 0 bridgehead atoms. The number of esters is 1. The number of hydrogen-bond acceptors (Lipinski definition) is 5. The maximum atomic E-state index is 12.2. The number of rotatable bonds is 7. The quantitative estimate of drug-likeness (QED) is 0.516. The van der Waals surface area contributed by atoms with Gasteiger partial charge in [-0.3, -0.25) is 4.79 Å². The van der Waals surface area contributed by atoms with Gasteiger partial charge in [-0.25, -0.2) is 8.42 Å². The fourth-order valence-corrected chi connectivity index (χ4v) is 4.00. The lowest BCUT2D eigenvalue weighted by atomic mass is 10.2. The Morgan fingerprint density at radius 2 is 2.05 bits per heavy atom. The van der Waals surface area contributed by atoms with Gasteiger partial charge in [-0.1, -0.05) is 12.8 Å². The van der Waals surface area contributed by atoms with E-state index in [0.29, 0.717) is 0 Å². The van der Waals surface area contributed by atoms with E-state index in [1.165, 1.54) is 11.4 Å². The molecular weight excluding hydrogens is 268 g/mol. The zero-order valence-corrected chi connectivity index (χ0v) is 12.0. The van der Waals surface area contributed by atoms with Crippen molar-refractivity contribution in [1.29, 1.82) is 5.26 Å². The smallest absolute Gasteiger partial charge is 0.305 e. The third kappa shape index (κ3) is 4.80. The van der Waals surface area contributed by atoms with E-state index in [9.17, 15) is 13.2 Å². The molecule has 19 heavy (non-hydrogen) atoms. The van der Waals surface area contributed by atoms with E-state index < -0.39 is 16.0 Å². The molecule has 0 saturated heterocycles. The van der Waals surface area contributed by atoms with Crippen LogP contribution in [-0.2, 0) is 19.6 Å². The van der Waals surface area contributed by atoms with Gasteiger partial charge in [0, 0.05) is 12.5 Å². The maximum absolute atomic E-state index is 12.2. The van der Waals surface area contributed by atoms with Gasteiger partial charge in [0.1, 0.15) is 6.54 Å². The summed E-state index contributed by atoms with van der Waals surface area (Å²) in [7, 11) is -2.19. The molecule has 6 nitrogen and oxygen atoms in total. The Bertz CT molecular complexity index is 435. The van der Waals surface area contributed by atoms with Crippen LogP contribution >= 0.6 is 0 Å². The highest BCUT2D eigenvalue weighted by Gasteiger charge is 2.31. The molecule has 1 rings (SSSR count). The van der Waals surface area contributed by atoms with Crippen molar-refractivity contribution in [3.8, 4) is 6.07 Å². The van der Waals surface area contributed by atoms with Crippen LogP contribution in [0.15, 0.2) is 0 Å². The Kier molecular flexibility index (Phi) is 6.25. The molecule has 1 fully saturated rings. The molecule has 0 aliphatic heterocycles. The van der Waals surface area contributed by atoms with Crippen molar-refractivity contribution in [3.63, 3.8) is 0 Å². The number of nitrogens with zero attached hydrogens (tertiary/aromatic N) is 2. The van der Waals surface area contributed by atoms with E-state index in [1.807, 2.05) is 6.07 Å². The van der Waals surface area contributed by atoms with E-state index in [0.717, 1.165) is 25.7 Å². The van der Waals surface area contributed by atoms with Gasteiger partial charge in [0.25, 0.3) is 0 Å². The molecule has 0 unspecified atom stereocenters. The molecule has 0 heterocycles. The van der Waals surface area contributed by atoms with E-state index in [1.54, 1.807) is 0 Å². The minimum Gasteiger partial charge on any atom is -0.469 e. The zero-order chi connectivity index (χ0) is 14.3. The van der Waals surface area contributed by atoms with Crippen molar-refractivity contribution in [1.82, 2.24) is 4.31 Å². The predicted octanol–water partition coefficient (Wildman–Crippen LogP) is 1.04. The van der Waals surface area contributed by atoms with Gasteiger partial charge in [0.15, 0.2) is 0 Å². The van der Waals surface area contributed by atoms with Gasteiger partial charge in [0.05, 0.1) is 18.9 Å². The summed E-state index contributed by atoms with van der Waals surface area (Å²) in [5.74, 6) is -0.525. The minimum absolute atomic E-state index is 0.0530.